The van der Waals surface area contributed by atoms with Gasteiger partial charge in [0, 0.05) is 77.4 Å². The topological polar surface area (TPSA) is 164 Å². The van der Waals surface area contributed by atoms with E-state index in [0.717, 1.165) is 54.5 Å². The summed E-state index contributed by atoms with van der Waals surface area (Å²) in [6.07, 6.45) is 6.69. The molecule has 1 aromatic heterocycles. The Morgan fingerprint density at radius 1 is 0.806 bits per heavy atom. The van der Waals surface area contributed by atoms with Gasteiger partial charge in [-0.05, 0) is 99.5 Å². The second-order valence-corrected chi connectivity index (χ2v) is 17.2. The number of amides is 5. The van der Waals surface area contributed by atoms with Crippen molar-refractivity contribution < 1.29 is 37.9 Å². The molecule has 4 aliphatic heterocycles. The summed E-state index contributed by atoms with van der Waals surface area (Å²) in [7, 11) is 1.65. The summed E-state index contributed by atoms with van der Waals surface area (Å²) in [5.41, 5.74) is 4.55. The Morgan fingerprint density at radius 3 is 2.08 bits per heavy atom. The van der Waals surface area contributed by atoms with Gasteiger partial charge in [0.05, 0.1) is 18.5 Å². The number of ether oxygens (including phenoxy) is 2. The minimum absolute atomic E-state index is 0.0169. The zero-order chi connectivity index (χ0) is 44.3. The molecule has 0 radical (unpaired) electrons. The molecule has 3 saturated heterocycles. The Balaban J connectivity index is 0.00000154. The molecule has 0 saturated carbocycles. The van der Waals surface area contributed by atoms with Gasteiger partial charge in [-0.15, -0.1) is 0 Å². The lowest BCUT2D eigenvalue weighted by Gasteiger charge is -2.41. The van der Waals surface area contributed by atoms with Crippen molar-refractivity contribution in [1.82, 2.24) is 24.2 Å². The van der Waals surface area contributed by atoms with Crippen molar-refractivity contribution in [2.24, 2.45) is 18.9 Å². The van der Waals surface area contributed by atoms with E-state index in [1.54, 1.807) is 29.8 Å². The molecule has 5 amide bonds. The van der Waals surface area contributed by atoms with Crippen LogP contribution in [0.15, 0.2) is 45.6 Å². The van der Waals surface area contributed by atoms with E-state index in [1.165, 1.54) is 17.4 Å². The highest BCUT2D eigenvalue weighted by Gasteiger charge is 2.37. The normalized spacial score (nSPS) is 18.3. The number of rotatable bonds is 11. The van der Waals surface area contributed by atoms with Gasteiger partial charge >= 0.3 is 23.8 Å². The van der Waals surface area contributed by atoms with E-state index >= 15 is 0 Å². The molecule has 2 aromatic carbocycles. The third-order valence-corrected chi connectivity index (χ3v) is 13.1. The molecule has 5 heterocycles. The van der Waals surface area contributed by atoms with E-state index in [4.69, 9.17) is 13.9 Å². The molecule has 1 N–H and O–H groups in total. The van der Waals surface area contributed by atoms with Crippen LogP contribution in [0, 0.1) is 18.8 Å². The van der Waals surface area contributed by atoms with Crippen LogP contribution in [-0.2, 0) is 43.7 Å². The highest BCUT2D eigenvalue weighted by molar-refractivity contribution is 5.91. The monoisotopic (exact) mass is 858 g/mol. The van der Waals surface area contributed by atoms with Gasteiger partial charge in [-0.2, -0.15) is 0 Å². The van der Waals surface area contributed by atoms with Crippen LogP contribution in [-0.4, -0.2) is 119 Å². The first-order chi connectivity index (χ1) is 29.9. The van der Waals surface area contributed by atoms with Gasteiger partial charge in [0.25, 0.3) is 5.91 Å². The number of carbonyl (C=O) groups excluding carboxylic acids is 5. The smallest absolute Gasteiger partial charge is 0.419 e. The third kappa shape index (κ3) is 11.4. The van der Waals surface area contributed by atoms with Crippen LogP contribution < -0.4 is 11.1 Å². The molecule has 338 valence electrons. The number of para-hydroxylation sites is 1. The lowest BCUT2D eigenvalue weighted by Crippen LogP contribution is -2.52. The van der Waals surface area contributed by atoms with Crippen LogP contribution >= 0.6 is 0 Å². The lowest BCUT2D eigenvalue weighted by molar-refractivity contribution is -0.146. The Labute approximate surface area is 365 Å². The molecular weight excluding hydrogens is 793 g/mol. The van der Waals surface area contributed by atoms with Crippen molar-refractivity contribution in [2.75, 3.05) is 57.7 Å². The zero-order valence-electron chi connectivity index (χ0n) is 37.3. The maximum atomic E-state index is 14.3. The van der Waals surface area contributed by atoms with E-state index in [9.17, 15) is 28.8 Å². The van der Waals surface area contributed by atoms with Crippen molar-refractivity contribution in [1.29, 1.82) is 0 Å². The maximum Gasteiger partial charge on any atom is 0.419 e. The summed E-state index contributed by atoms with van der Waals surface area (Å²) < 4.78 is 18.0. The molecular formula is C47H66N6O9. The largest absolute Gasteiger partial charge is 0.466 e. The number of hydrogen-bond acceptors (Lipinski definition) is 9. The van der Waals surface area contributed by atoms with E-state index in [-0.39, 0.29) is 49.1 Å². The number of fused-ring (bicyclic) bond motifs is 2. The minimum Gasteiger partial charge on any atom is -0.466 e. The number of aromatic nitrogens is 1. The number of anilines is 1. The highest BCUT2D eigenvalue weighted by atomic mass is 16.6. The van der Waals surface area contributed by atoms with Gasteiger partial charge in [-0.3, -0.25) is 19.0 Å². The SMILES string of the molecule is CCCC.CCOC(=O)CCC(=O)N1CCC(C2CCN(C(=O)[C@@H](Cc3cc(C)c4c(c3)oc(=O)n4C)OC(=O)N3CCC(N4CCc5ccccc5NC4=O)CC3)CC2)CC1. The van der Waals surface area contributed by atoms with Crippen LogP contribution in [0.2, 0.25) is 0 Å². The molecule has 3 fully saturated rings. The first-order valence-electron chi connectivity index (χ1n) is 22.8. The molecule has 4 aliphatic rings. The molecule has 62 heavy (non-hydrogen) atoms. The Morgan fingerprint density at radius 2 is 1.44 bits per heavy atom. The highest BCUT2D eigenvalue weighted by Crippen LogP contribution is 2.34. The number of hydrogen-bond donors (Lipinski definition) is 1. The molecule has 7 rings (SSSR count). The third-order valence-electron chi connectivity index (χ3n) is 13.1. The molecule has 0 bridgehead atoms. The van der Waals surface area contributed by atoms with Crippen LogP contribution in [0.25, 0.3) is 11.1 Å². The molecule has 15 nitrogen and oxygen atoms in total. The number of urea groups is 1. The number of piperidine rings is 3. The molecule has 1 atom stereocenters. The summed E-state index contributed by atoms with van der Waals surface area (Å²) >= 11 is 0. The molecule has 0 spiro atoms. The number of nitrogens with one attached hydrogen (secondary N) is 1. The second kappa shape index (κ2) is 21.6. The summed E-state index contributed by atoms with van der Waals surface area (Å²) in [6.45, 7) is 12.1. The van der Waals surface area contributed by atoms with Gasteiger partial charge in [0.1, 0.15) is 0 Å². The average Bonchev–Trinajstić information content (AvgIpc) is 3.46. The molecule has 15 heteroatoms. The van der Waals surface area contributed by atoms with Crippen LogP contribution in [0.1, 0.15) is 102 Å². The molecule has 0 aliphatic carbocycles. The fourth-order valence-electron chi connectivity index (χ4n) is 9.40. The first-order valence-corrected chi connectivity index (χ1v) is 22.8. The number of nitrogens with zero attached hydrogens (tertiary/aromatic N) is 5. The van der Waals surface area contributed by atoms with E-state index in [2.05, 4.69) is 19.2 Å². The molecule has 3 aromatic rings. The second-order valence-electron chi connectivity index (χ2n) is 17.2. The van der Waals surface area contributed by atoms with Crippen molar-refractivity contribution in [3.05, 3.63) is 63.6 Å². The number of likely N-dealkylation sites (tertiary alicyclic amines) is 3. The van der Waals surface area contributed by atoms with Crippen LogP contribution in [0.3, 0.4) is 0 Å². The standard InChI is InChI=1S/C43H56N6O9.C4H10/c1-4-56-38(51)10-9-37(50)46-18-11-30(12-19-46)31-13-20-47(21-14-31)40(52)36(27-29-25-28(2)39-35(26-29)57-42(54)45(39)3)58-43(55)48-22-16-33(17-23-48)49-24-15-32-7-5-6-8-34(32)44-41(49)53;1-3-4-2/h5-8,25-26,30-31,33,36H,4,9-24,27H2,1-3H3,(H,44,53);3-4H2,1-2H3/t36-;/m1./s1. The van der Waals surface area contributed by atoms with Crippen molar-refractivity contribution in [3.8, 4) is 0 Å². The van der Waals surface area contributed by atoms with Gasteiger partial charge in [0.15, 0.2) is 11.7 Å². The minimum atomic E-state index is -1.09. The van der Waals surface area contributed by atoms with E-state index in [1.807, 2.05) is 47.1 Å². The Kier molecular flexibility index (Phi) is 16.1. The zero-order valence-corrected chi connectivity index (χ0v) is 37.3. The summed E-state index contributed by atoms with van der Waals surface area (Å²) in [4.78, 5) is 85.3. The fourth-order valence-corrected chi connectivity index (χ4v) is 9.40. The van der Waals surface area contributed by atoms with Crippen LogP contribution in [0.4, 0.5) is 15.3 Å². The Hall–Kier alpha value is -5.34. The van der Waals surface area contributed by atoms with Crippen molar-refractivity contribution >= 4 is 46.7 Å². The quantitative estimate of drug-likeness (QED) is 0.208. The average molecular weight is 859 g/mol. The van der Waals surface area contributed by atoms with Crippen molar-refractivity contribution in [3.63, 3.8) is 0 Å². The number of oxazole rings is 1. The first kappa shape index (κ1) is 46.2. The Bertz CT molecular complexity index is 2090. The number of aryl methyl sites for hydroxylation is 2. The summed E-state index contributed by atoms with van der Waals surface area (Å²) in [6, 6.07) is 11.3. The van der Waals surface area contributed by atoms with E-state index in [0.29, 0.717) is 88.2 Å². The molecule has 0 unspecified atom stereocenters. The predicted octanol–water partition coefficient (Wildman–Crippen LogP) is 6.67. The summed E-state index contributed by atoms with van der Waals surface area (Å²) in [5.74, 6) is -0.247. The fraction of sp³-hybridized carbons (Fsp3) is 0.617. The number of unbranched alkanes of at least 4 members (excludes halogenated alkanes) is 1. The maximum absolute atomic E-state index is 14.3. The number of benzene rings is 2. The number of carbonyl (C=O) groups is 5. The van der Waals surface area contributed by atoms with Gasteiger partial charge in [-0.25, -0.2) is 14.4 Å². The van der Waals surface area contributed by atoms with Gasteiger partial charge in [-0.1, -0.05) is 51.0 Å². The van der Waals surface area contributed by atoms with Crippen LogP contribution in [0.5, 0.6) is 0 Å². The number of esters is 1. The van der Waals surface area contributed by atoms with Gasteiger partial charge < -0.3 is 38.8 Å². The predicted molar refractivity (Wildman–Crippen MR) is 236 cm³/mol. The lowest BCUT2D eigenvalue weighted by atomic mass is 9.78. The van der Waals surface area contributed by atoms with Crippen molar-refractivity contribution in [2.45, 2.75) is 117 Å². The van der Waals surface area contributed by atoms with Gasteiger partial charge in [0.2, 0.25) is 5.91 Å². The van der Waals surface area contributed by atoms with E-state index < -0.39 is 18.0 Å². The summed E-state index contributed by atoms with van der Waals surface area (Å²) in [5, 5.41) is 3.04.